The Hall–Kier alpha value is -0.130. The number of halogens is 1. The SMILES string of the molecule is CCCCCC(=O)N1CCC[C@H]1C(=O)I. The Morgan fingerprint density at radius 2 is 2.13 bits per heavy atom. The summed E-state index contributed by atoms with van der Waals surface area (Å²) in [4.78, 5) is 24.9. The molecule has 0 aliphatic carbocycles. The van der Waals surface area contributed by atoms with Crippen LogP contribution >= 0.6 is 22.6 Å². The Kier molecular flexibility index (Phi) is 5.56. The minimum absolute atomic E-state index is 0.106. The first kappa shape index (κ1) is 12.9. The Balaban J connectivity index is 2.40. The number of amides is 1. The van der Waals surface area contributed by atoms with Crippen molar-refractivity contribution in [3.8, 4) is 0 Å². The second-order valence-electron chi connectivity index (χ2n) is 4.01. The van der Waals surface area contributed by atoms with Crippen LogP contribution in [-0.4, -0.2) is 27.2 Å². The molecule has 3 nitrogen and oxygen atoms in total. The number of likely N-dealkylation sites (tertiary alicyclic amines) is 1. The zero-order valence-electron chi connectivity index (χ0n) is 9.17. The molecule has 0 bridgehead atoms. The molecule has 1 rings (SSSR count). The van der Waals surface area contributed by atoms with Crippen molar-refractivity contribution in [1.29, 1.82) is 0 Å². The van der Waals surface area contributed by atoms with E-state index in [4.69, 9.17) is 0 Å². The molecule has 0 aromatic heterocycles. The topological polar surface area (TPSA) is 37.4 Å². The summed E-state index contributed by atoms with van der Waals surface area (Å²) in [5, 5.41) is 0. The van der Waals surface area contributed by atoms with E-state index in [1.165, 1.54) is 0 Å². The summed E-state index contributed by atoms with van der Waals surface area (Å²) in [6.45, 7) is 2.89. The molecule has 0 N–H and O–H groups in total. The van der Waals surface area contributed by atoms with Crippen LogP contribution in [0, 0.1) is 0 Å². The zero-order valence-corrected chi connectivity index (χ0v) is 11.3. The molecule has 0 saturated carbocycles. The third-order valence-corrected chi connectivity index (χ3v) is 3.55. The van der Waals surface area contributed by atoms with E-state index in [-0.39, 0.29) is 15.7 Å². The molecule has 15 heavy (non-hydrogen) atoms. The zero-order chi connectivity index (χ0) is 11.3. The maximum absolute atomic E-state index is 11.8. The number of carbonyl (C=O) groups is 2. The molecule has 0 unspecified atom stereocenters. The molecule has 4 heteroatoms. The van der Waals surface area contributed by atoms with Gasteiger partial charge in [-0.3, -0.25) is 9.59 Å². The lowest BCUT2D eigenvalue weighted by atomic mass is 10.2. The number of hydrogen-bond acceptors (Lipinski definition) is 2. The van der Waals surface area contributed by atoms with Crippen LogP contribution in [0.2, 0.25) is 0 Å². The highest BCUT2D eigenvalue weighted by Gasteiger charge is 2.31. The third-order valence-electron chi connectivity index (χ3n) is 2.83. The quantitative estimate of drug-likeness (QED) is 0.443. The van der Waals surface area contributed by atoms with Crippen molar-refractivity contribution >= 4 is 32.3 Å². The summed E-state index contributed by atoms with van der Waals surface area (Å²) in [6.07, 6.45) is 5.60. The van der Waals surface area contributed by atoms with Crippen molar-refractivity contribution in [3.05, 3.63) is 0 Å². The summed E-state index contributed by atoms with van der Waals surface area (Å²) >= 11 is 1.81. The van der Waals surface area contributed by atoms with Crippen LogP contribution in [0.1, 0.15) is 45.4 Å². The number of unbranched alkanes of at least 4 members (excludes halogenated alkanes) is 2. The highest BCUT2D eigenvalue weighted by molar-refractivity contribution is 14.1. The largest absolute Gasteiger partial charge is 0.332 e. The van der Waals surface area contributed by atoms with E-state index in [1.807, 2.05) is 0 Å². The van der Waals surface area contributed by atoms with Crippen molar-refractivity contribution in [1.82, 2.24) is 4.90 Å². The number of nitrogens with zero attached hydrogens (tertiary/aromatic N) is 1. The monoisotopic (exact) mass is 323 g/mol. The molecule has 1 aliphatic rings. The highest BCUT2D eigenvalue weighted by Crippen LogP contribution is 2.21. The fraction of sp³-hybridized carbons (Fsp3) is 0.818. The molecule has 1 fully saturated rings. The maximum atomic E-state index is 11.8. The van der Waals surface area contributed by atoms with Gasteiger partial charge in [0.05, 0.1) is 0 Å². The third kappa shape index (κ3) is 3.74. The Bertz CT molecular complexity index is 243. The van der Waals surface area contributed by atoms with Gasteiger partial charge < -0.3 is 4.90 Å². The van der Waals surface area contributed by atoms with Crippen LogP contribution in [0.3, 0.4) is 0 Å². The van der Waals surface area contributed by atoms with Crippen molar-refractivity contribution in [2.24, 2.45) is 0 Å². The fourth-order valence-electron chi connectivity index (χ4n) is 1.97. The molecular formula is C11H18INO2. The molecule has 1 heterocycles. The summed E-state index contributed by atoms with van der Waals surface area (Å²) in [6, 6.07) is -0.139. The van der Waals surface area contributed by atoms with Crippen LogP contribution in [-0.2, 0) is 9.59 Å². The molecular weight excluding hydrogens is 305 g/mol. The molecule has 0 spiro atoms. The van der Waals surface area contributed by atoms with Gasteiger partial charge in [-0.2, -0.15) is 0 Å². The smallest absolute Gasteiger partial charge is 0.223 e. The minimum atomic E-state index is -0.139. The van der Waals surface area contributed by atoms with Gasteiger partial charge in [0.25, 0.3) is 0 Å². The Morgan fingerprint density at radius 3 is 2.73 bits per heavy atom. The molecule has 86 valence electrons. The maximum Gasteiger partial charge on any atom is 0.223 e. The molecule has 1 saturated heterocycles. The van der Waals surface area contributed by atoms with Crippen molar-refractivity contribution in [2.75, 3.05) is 6.54 Å². The molecule has 0 radical (unpaired) electrons. The highest BCUT2D eigenvalue weighted by atomic mass is 127. The molecule has 0 aromatic carbocycles. The van der Waals surface area contributed by atoms with Crippen molar-refractivity contribution < 1.29 is 9.59 Å². The average molecular weight is 323 g/mol. The Labute approximate surface area is 105 Å². The second-order valence-corrected chi connectivity index (χ2v) is 5.07. The van der Waals surface area contributed by atoms with E-state index < -0.39 is 0 Å². The van der Waals surface area contributed by atoms with Crippen molar-refractivity contribution in [3.63, 3.8) is 0 Å². The van der Waals surface area contributed by atoms with Gasteiger partial charge in [-0.25, -0.2) is 0 Å². The predicted molar refractivity (Wildman–Crippen MR) is 67.9 cm³/mol. The van der Waals surface area contributed by atoms with Crippen LogP contribution in [0.15, 0.2) is 0 Å². The van der Waals surface area contributed by atoms with E-state index in [0.717, 1.165) is 38.6 Å². The van der Waals surface area contributed by atoms with Crippen LogP contribution in [0.25, 0.3) is 0 Å². The van der Waals surface area contributed by atoms with Gasteiger partial charge >= 0.3 is 0 Å². The van der Waals surface area contributed by atoms with E-state index >= 15 is 0 Å². The normalized spacial score (nSPS) is 20.7. The van der Waals surface area contributed by atoms with Gasteiger partial charge in [-0.15, -0.1) is 0 Å². The van der Waals surface area contributed by atoms with Crippen LogP contribution < -0.4 is 0 Å². The second kappa shape index (κ2) is 6.45. The van der Waals surface area contributed by atoms with E-state index in [9.17, 15) is 9.59 Å². The summed E-state index contributed by atoms with van der Waals surface area (Å²) in [7, 11) is 0. The van der Waals surface area contributed by atoms with E-state index in [0.29, 0.717) is 6.42 Å². The van der Waals surface area contributed by atoms with E-state index in [1.54, 1.807) is 27.5 Å². The fourth-order valence-corrected chi connectivity index (χ4v) is 2.62. The lowest BCUT2D eigenvalue weighted by Crippen LogP contribution is -2.38. The van der Waals surface area contributed by atoms with Gasteiger partial charge in [0.2, 0.25) is 9.70 Å². The summed E-state index contributed by atoms with van der Waals surface area (Å²) in [5.41, 5.74) is 0. The number of carbonyl (C=O) groups excluding carboxylic acids is 2. The van der Waals surface area contributed by atoms with Crippen LogP contribution in [0.4, 0.5) is 0 Å². The number of hydrogen-bond donors (Lipinski definition) is 0. The number of rotatable bonds is 5. The average Bonchev–Trinajstić information content (AvgIpc) is 2.66. The molecule has 1 aliphatic heterocycles. The van der Waals surface area contributed by atoms with Gasteiger partial charge in [-0.05, 0) is 19.3 Å². The summed E-state index contributed by atoms with van der Waals surface area (Å²) < 4.78 is 0.106. The minimum Gasteiger partial charge on any atom is -0.332 e. The molecule has 1 atom stereocenters. The standard InChI is InChI=1S/C11H18INO2/c1-2-3-4-7-10(14)13-8-5-6-9(13)11(12)15/h9H,2-8H2,1H3/t9-/m0/s1. The van der Waals surface area contributed by atoms with E-state index in [2.05, 4.69) is 6.92 Å². The van der Waals surface area contributed by atoms with Crippen molar-refractivity contribution in [2.45, 2.75) is 51.5 Å². The molecule has 1 amide bonds. The first-order valence-corrected chi connectivity index (χ1v) is 6.73. The van der Waals surface area contributed by atoms with Gasteiger partial charge in [0, 0.05) is 35.6 Å². The predicted octanol–water partition coefficient (Wildman–Crippen LogP) is 2.52. The van der Waals surface area contributed by atoms with Gasteiger partial charge in [-0.1, -0.05) is 19.8 Å². The first-order valence-electron chi connectivity index (χ1n) is 5.65. The van der Waals surface area contributed by atoms with Crippen LogP contribution in [0.5, 0.6) is 0 Å². The lowest BCUT2D eigenvalue weighted by Gasteiger charge is -2.21. The summed E-state index contributed by atoms with van der Waals surface area (Å²) in [5.74, 6) is 0.163. The molecule has 0 aromatic rings. The lowest BCUT2D eigenvalue weighted by molar-refractivity contribution is -0.134. The van der Waals surface area contributed by atoms with Gasteiger partial charge in [0.1, 0.15) is 6.04 Å². The van der Waals surface area contributed by atoms with Gasteiger partial charge in [0.15, 0.2) is 0 Å². The Morgan fingerprint density at radius 1 is 1.40 bits per heavy atom. The first-order chi connectivity index (χ1) is 7.16.